The van der Waals surface area contributed by atoms with E-state index in [9.17, 15) is 28.6 Å². The molecule has 0 spiro atoms. The quantitative estimate of drug-likeness (QED) is 0.642. The number of aromatic nitrogens is 1. The van der Waals surface area contributed by atoms with Crippen molar-refractivity contribution in [1.82, 2.24) is 15.4 Å². The van der Waals surface area contributed by atoms with E-state index in [4.69, 9.17) is 4.52 Å². The molecular formula is C22H25F2N3O5. The van der Waals surface area contributed by atoms with Gasteiger partial charge >= 0.3 is 5.97 Å². The van der Waals surface area contributed by atoms with Gasteiger partial charge < -0.3 is 20.1 Å². The van der Waals surface area contributed by atoms with Crippen molar-refractivity contribution < 1.29 is 33.1 Å². The van der Waals surface area contributed by atoms with Crippen molar-refractivity contribution in [3.05, 3.63) is 41.6 Å². The summed E-state index contributed by atoms with van der Waals surface area (Å²) < 4.78 is 32.1. The van der Waals surface area contributed by atoms with E-state index in [0.29, 0.717) is 25.5 Å². The number of aliphatic carboxylic acids is 1. The van der Waals surface area contributed by atoms with Gasteiger partial charge in [-0.25, -0.2) is 8.78 Å². The standard InChI is InChI=1S/C22H25F2N3O5/c23-12-5-6-13(15(24)9-12)20-10-17(26-32-20)21(29)25-16-7-8-27(11-14(16)22(30)31)18-3-1-2-4-19(18)28/h5-6,9-10,14,16,18-19,28H,1-4,7-8,11H2,(H,25,29)(H,30,31). The molecule has 1 aromatic heterocycles. The van der Waals surface area contributed by atoms with Crippen LogP contribution in [0.1, 0.15) is 42.6 Å². The first-order chi connectivity index (χ1) is 15.3. The zero-order valence-electron chi connectivity index (χ0n) is 17.3. The number of hydrogen-bond acceptors (Lipinski definition) is 6. The van der Waals surface area contributed by atoms with Crippen LogP contribution in [0.3, 0.4) is 0 Å². The normalized spacial score (nSPS) is 26.6. The number of likely N-dealkylation sites (tertiary alicyclic amines) is 1. The van der Waals surface area contributed by atoms with Gasteiger partial charge in [-0.05, 0) is 31.4 Å². The third-order valence-corrected chi connectivity index (χ3v) is 6.38. The van der Waals surface area contributed by atoms with E-state index in [1.165, 1.54) is 12.1 Å². The number of benzene rings is 1. The molecule has 1 aromatic carbocycles. The summed E-state index contributed by atoms with van der Waals surface area (Å²) >= 11 is 0. The molecule has 1 saturated carbocycles. The highest BCUT2D eigenvalue weighted by Crippen LogP contribution is 2.29. The van der Waals surface area contributed by atoms with E-state index in [1.807, 2.05) is 4.90 Å². The number of carbonyl (C=O) groups excluding carboxylic acids is 1. The van der Waals surface area contributed by atoms with Gasteiger partial charge in [-0.2, -0.15) is 0 Å². The lowest BCUT2D eigenvalue weighted by Gasteiger charge is -2.43. The van der Waals surface area contributed by atoms with E-state index in [0.717, 1.165) is 25.3 Å². The van der Waals surface area contributed by atoms with Crippen LogP contribution in [0.5, 0.6) is 0 Å². The predicted octanol–water partition coefficient (Wildman–Crippen LogP) is 2.43. The second-order valence-electron chi connectivity index (χ2n) is 8.43. The Morgan fingerprint density at radius 2 is 1.94 bits per heavy atom. The molecule has 32 heavy (non-hydrogen) atoms. The number of carboxylic acids is 1. The van der Waals surface area contributed by atoms with Crippen molar-refractivity contribution in [3.63, 3.8) is 0 Å². The van der Waals surface area contributed by atoms with Crippen LogP contribution in [0.4, 0.5) is 8.78 Å². The molecule has 2 aliphatic rings. The number of hydrogen-bond donors (Lipinski definition) is 3. The van der Waals surface area contributed by atoms with E-state index < -0.39 is 41.6 Å². The van der Waals surface area contributed by atoms with E-state index in [1.54, 1.807) is 0 Å². The first-order valence-corrected chi connectivity index (χ1v) is 10.7. The molecule has 2 aromatic rings. The molecule has 1 saturated heterocycles. The second kappa shape index (κ2) is 9.33. The second-order valence-corrected chi connectivity index (χ2v) is 8.43. The maximum Gasteiger partial charge on any atom is 0.309 e. The SMILES string of the molecule is O=C(NC1CCN(C2CCCCC2O)CC1C(=O)O)c1cc(-c2ccc(F)cc2F)on1. The molecule has 1 amide bonds. The minimum atomic E-state index is -1.03. The lowest BCUT2D eigenvalue weighted by molar-refractivity contribution is -0.145. The van der Waals surface area contributed by atoms with Gasteiger partial charge in [0.1, 0.15) is 11.6 Å². The zero-order chi connectivity index (χ0) is 22.8. The van der Waals surface area contributed by atoms with Gasteiger partial charge in [-0.3, -0.25) is 14.5 Å². The number of carbonyl (C=O) groups is 2. The van der Waals surface area contributed by atoms with Crippen LogP contribution in [0.15, 0.2) is 28.8 Å². The number of rotatable bonds is 5. The van der Waals surface area contributed by atoms with Gasteiger partial charge in [0, 0.05) is 37.3 Å². The highest BCUT2D eigenvalue weighted by atomic mass is 19.1. The molecule has 4 atom stereocenters. The van der Waals surface area contributed by atoms with Crippen molar-refractivity contribution in [1.29, 1.82) is 0 Å². The van der Waals surface area contributed by atoms with Crippen LogP contribution in [0, 0.1) is 17.6 Å². The highest BCUT2D eigenvalue weighted by molar-refractivity contribution is 5.93. The van der Waals surface area contributed by atoms with Gasteiger partial charge in [0.05, 0.1) is 17.6 Å². The summed E-state index contributed by atoms with van der Waals surface area (Å²) in [6.45, 7) is 0.786. The fourth-order valence-electron chi connectivity index (χ4n) is 4.66. The average molecular weight is 449 g/mol. The van der Waals surface area contributed by atoms with Crippen LogP contribution in [-0.4, -0.2) is 63.4 Å². The lowest BCUT2D eigenvalue weighted by atomic mass is 9.86. The fraction of sp³-hybridized carbons (Fsp3) is 0.500. The van der Waals surface area contributed by atoms with Crippen LogP contribution in [-0.2, 0) is 4.79 Å². The first-order valence-electron chi connectivity index (χ1n) is 10.7. The third-order valence-electron chi connectivity index (χ3n) is 6.38. The molecule has 4 rings (SSSR count). The maximum atomic E-state index is 14.0. The van der Waals surface area contributed by atoms with E-state index in [-0.39, 0.29) is 29.6 Å². The first kappa shape index (κ1) is 22.3. The van der Waals surface area contributed by atoms with Crippen molar-refractivity contribution in [3.8, 4) is 11.3 Å². The Hall–Kier alpha value is -2.85. The Morgan fingerprint density at radius 1 is 1.16 bits per heavy atom. The summed E-state index contributed by atoms with van der Waals surface area (Å²) in [5.74, 6) is -4.14. The number of aliphatic hydroxyl groups is 1. The molecule has 1 aliphatic carbocycles. The highest BCUT2D eigenvalue weighted by Gasteiger charge is 2.40. The third kappa shape index (κ3) is 4.66. The number of amides is 1. The molecule has 4 unspecified atom stereocenters. The molecule has 8 nitrogen and oxygen atoms in total. The fourth-order valence-corrected chi connectivity index (χ4v) is 4.66. The molecule has 3 N–H and O–H groups in total. The number of halogens is 2. The van der Waals surface area contributed by atoms with Crippen molar-refractivity contribution in [2.45, 2.75) is 50.3 Å². The van der Waals surface area contributed by atoms with Crippen molar-refractivity contribution in [2.24, 2.45) is 5.92 Å². The van der Waals surface area contributed by atoms with Crippen LogP contribution < -0.4 is 5.32 Å². The number of piperidine rings is 1. The zero-order valence-corrected chi connectivity index (χ0v) is 17.3. The Labute approximate surface area is 183 Å². The summed E-state index contributed by atoms with van der Waals surface area (Å²) in [6.07, 6.45) is 3.44. The van der Waals surface area contributed by atoms with Crippen molar-refractivity contribution in [2.75, 3.05) is 13.1 Å². The Balaban J connectivity index is 1.43. The minimum Gasteiger partial charge on any atom is -0.481 e. The smallest absolute Gasteiger partial charge is 0.309 e. The van der Waals surface area contributed by atoms with Gasteiger partial charge in [0.15, 0.2) is 11.5 Å². The Kier molecular flexibility index (Phi) is 6.52. The predicted molar refractivity (Wildman–Crippen MR) is 109 cm³/mol. The van der Waals surface area contributed by atoms with Gasteiger partial charge in [0.25, 0.3) is 5.91 Å². The van der Waals surface area contributed by atoms with Gasteiger partial charge in [0.2, 0.25) is 0 Å². The number of aliphatic hydroxyl groups excluding tert-OH is 1. The average Bonchev–Trinajstić information content (AvgIpc) is 3.24. The number of nitrogens with one attached hydrogen (secondary N) is 1. The molecule has 2 fully saturated rings. The molecule has 2 heterocycles. The van der Waals surface area contributed by atoms with Crippen LogP contribution in [0.2, 0.25) is 0 Å². The Morgan fingerprint density at radius 3 is 2.66 bits per heavy atom. The molecule has 10 heteroatoms. The van der Waals surface area contributed by atoms with E-state index >= 15 is 0 Å². The summed E-state index contributed by atoms with van der Waals surface area (Å²) in [5.41, 5.74) is -0.168. The molecule has 0 bridgehead atoms. The van der Waals surface area contributed by atoms with Crippen molar-refractivity contribution >= 4 is 11.9 Å². The van der Waals surface area contributed by atoms with Crippen LogP contribution in [0.25, 0.3) is 11.3 Å². The molecule has 172 valence electrons. The molecular weight excluding hydrogens is 424 g/mol. The summed E-state index contributed by atoms with van der Waals surface area (Å²) in [6, 6.07) is 3.49. The Bertz CT molecular complexity index is 998. The molecule has 1 aliphatic heterocycles. The summed E-state index contributed by atoms with van der Waals surface area (Å²) in [5, 5.41) is 26.4. The maximum absolute atomic E-state index is 14.0. The molecule has 0 radical (unpaired) electrons. The topological polar surface area (TPSA) is 116 Å². The van der Waals surface area contributed by atoms with Gasteiger partial charge in [-0.15, -0.1) is 0 Å². The largest absolute Gasteiger partial charge is 0.481 e. The number of carboxylic acid groups (broad SMARTS) is 1. The minimum absolute atomic E-state index is 0.0384. The van der Waals surface area contributed by atoms with Gasteiger partial charge in [-0.1, -0.05) is 18.0 Å². The lowest BCUT2D eigenvalue weighted by Crippen LogP contribution is -2.58. The summed E-state index contributed by atoms with van der Waals surface area (Å²) in [4.78, 5) is 26.6. The van der Waals surface area contributed by atoms with E-state index in [2.05, 4.69) is 10.5 Å². The monoisotopic (exact) mass is 449 g/mol. The number of nitrogens with zero attached hydrogens (tertiary/aromatic N) is 2. The van der Waals surface area contributed by atoms with Crippen LogP contribution >= 0.6 is 0 Å². The summed E-state index contributed by atoms with van der Waals surface area (Å²) in [7, 11) is 0.